The first-order valence-corrected chi connectivity index (χ1v) is 8.36. The molecule has 0 spiro atoms. The van der Waals surface area contributed by atoms with Crippen LogP contribution in [0.4, 0.5) is 10.1 Å². The van der Waals surface area contributed by atoms with Gasteiger partial charge in [0.1, 0.15) is 5.82 Å². The Bertz CT molecular complexity index is 1020. The van der Waals surface area contributed by atoms with Gasteiger partial charge in [-0.15, -0.1) is 0 Å². The lowest BCUT2D eigenvalue weighted by molar-refractivity contribution is 0.0696. The second kappa shape index (κ2) is 7.78. The molecule has 3 aromatic rings. The SMILES string of the molecule is CCc1ccc(C(=O)O)cc1NC(=O)c1cncc(-c2cccc(F)c2)c1. The average Bonchev–Trinajstić information content (AvgIpc) is 2.68. The van der Waals surface area contributed by atoms with Crippen LogP contribution in [-0.2, 0) is 6.42 Å². The Morgan fingerprint density at radius 3 is 2.56 bits per heavy atom. The van der Waals surface area contributed by atoms with Crippen LogP contribution in [0.1, 0.15) is 33.2 Å². The minimum atomic E-state index is -1.07. The van der Waals surface area contributed by atoms with Crippen molar-refractivity contribution < 1.29 is 19.1 Å². The van der Waals surface area contributed by atoms with Crippen LogP contribution in [-0.4, -0.2) is 22.0 Å². The number of carbonyl (C=O) groups excluding carboxylic acids is 1. The summed E-state index contributed by atoms with van der Waals surface area (Å²) in [5.41, 5.74) is 2.87. The molecular weight excluding hydrogens is 347 g/mol. The van der Waals surface area contributed by atoms with Crippen LogP contribution < -0.4 is 5.32 Å². The van der Waals surface area contributed by atoms with E-state index >= 15 is 0 Å². The van der Waals surface area contributed by atoms with E-state index in [1.54, 1.807) is 30.5 Å². The molecule has 0 aliphatic carbocycles. The van der Waals surface area contributed by atoms with E-state index in [4.69, 9.17) is 5.11 Å². The first kappa shape index (κ1) is 18.3. The number of amides is 1. The number of nitrogens with one attached hydrogen (secondary N) is 1. The number of aromatic carboxylic acids is 1. The van der Waals surface area contributed by atoms with Gasteiger partial charge in [-0.2, -0.15) is 0 Å². The molecule has 1 aromatic heterocycles. The van der Waals surface area contributed by atoms with Gasteiger partial charge in [0.05, 0.1) is 11.1 Å². The van der Waals surface area contributed by atoms with Crippen molar-refractivity contribution in [3.63, 3.8) is 0 Å². The van der Waals surface area contributed by atoms with Gasteiger partial charge >= 0.3 is 5.97 Å². The third kappa shape index (κ3) is 4.17. The number of hydrogen-bond acceptors (Lipinski definition) is 3. The predicted octanol–water partition coefficient (Wildman–Crippen LogP) is 4.40. The average molecular weight is 364 g/mol. The number of nitrogens with zero attached hydrogens (tertiary/aromatic N) is 1. The monoisotopic (exact) mass is 364 g/mol. The topological polar surface area (TPSA) is 79.3 Å². The lowest BCUT2D eigenvalue weighted by Crippen LogP contribution is -2.14. The van der Waals surface area contributed by atoms with Gasteiger partial charge in [-0.3, -0.25) is 9.78 Å². The number of carboxylic acids is 1. The maximum absolute atomic E-state index is 13.4. The van der Waals surface area contributed by atoms with Crippen LogP contribution in [0.15, 0.2) is 60.9 Å². The van der Waals surface area contributed by atoms with Crippen molar-refractivity contribution >= 4 is 17.6 Å². The number of carbonyl (C=O) groups is 2. The largest absolute Gasteiger partial charge is 0.478 e. The summed E-state index contributed by atoms with van der Waals surface area (Å²) >= 11 is 0. The first-order chi connectivity index (χ1) is 13.0. The molecule has 0 aliphatic rings. The Hall–Kier alpha value is -3.54. The number of hydrogen-bond donors (Lipinski definition) is 2. The molecule has 0 radical (unpaired) electrons. The Balaban J connectivity index is 1.90. The van der Waals surface area contributed by atoms with Crippen LogP contribution in [0, 0.1) is 5.82 Å². The fourth-order valence-corrected chi connectivity index (χ4v) is 2.72. The molecule has 1 heterocycles. The van der Waals surface area contributed by atoms with Gasteiger partial charge in [-0.05, 0) is 47.9 Å². The van der Waals surface area contributed by atoms with Crippen molar-refractivity contribution in [3.8, 4) is 11.1 Å². The van der Waals surface area contributed by atoms with E-state index in [0.29, 0.717) is 28.8 Å². The number of aromatic nitrogens is 1. The van der Waals surface area contributed by atoms with Gasteiger partial charge < -0.3 is 10.4 Å². The highest BCUT2D eigenvalue weighted by Crippen LogP contribution is 2.22. The van der Waals surface area contributed by atoms with Crippen LogP contribution in [0.2, 0.25) is 0 Å². The molecule has 0 atom stereocenters. The minimum Gasteiger partial charge on any atom is -0.478 e. The van der Waals surface area contributed by atoms with Crippen molar-refractivity contribution in [1.82, 2.24) is 4.98 Å². The molecule has 0 unspecified atom stereocenters. The number of rotatable bonds is 5. The quantitative estimate of drug-likeness (QED) is 0.703. The molecule has 0 fully saturated rings. The van der Waals surface area contributed by atoms with E-state index < -0.39 is 11.9 Å². The molecule has 5 nitrogen and oxygen atoms in total. The van der Waals surface area contributed by atoms with Gasteiger partial charge in [0, 0.05) is 23.6 Å². The maximum Gasteiger partial charge on any atom is 0.335 e. The number of pyridine rings is 1. The number of halogens is 1. The minimum absolute atomic E-state index is 0.0918. The number of carboxylic acid groups (broad SMARTS) is 1. The molecule has 1 amide bonds. The highest BCUT2D eigenvalue weighted by Gasteiger charge is 2.13. The summed E-state index contributed by atoms with van der Waals surface area (Å²) in [6, 6.07) is 12.3. The van der Waals surface area contributed by atoms with E-state index in [0.717, 1.165) is 5.56 Å². The molecule has 0 saturated heterocycles. The van der Waals surface area contributed by atoms with Gasteiger partial charge in [0.15, 0.2) is 0 Å². The third-order valence-electron chi connectivity index (χ3n) is 4.14. The van der Waals surface area contributed by atoms with E-state index in [2.05, 4.69) is 10.3 Å². The number of anilines is 1. The standard InChI is InChI=1S/C21H17FN2O3/c1-2-13-6-7-15(21(26)27)10-19(13)24-20(25)17-8-16(11-23-12-17)14-4-3-5-18(22)9-14/h3-12H,2H2,1H3,(H,24,25)(H,26,27). The van der Waals surface area contributed by atoms with Gasteiger partial charge in [0.2, 0.25) is 0 Å². The van der Waals surface area contributed by atoms with Crippen molar-refractivity contribution in [2.75, 3.05) is 5.32 Å². The zero-order valence-corrected chi connectivity index (χ0v) is 14.6. The Morgan fingerprint density at radius 2 is 1.85 bits per heavy atom. The van der Waals surface area contributed by atoms with Gasteiger partial charge in [0.25, 0.3) is 5.91 Å². The van der Waals surface area contributed by atoms with Gasteiger partial charge in [-0.1, -0.05) is 25.1 Å². The van der Waals surface area contributed by atoms with Crippen molar-refractivity contribution in [3.05, 3.63) is 83.4 Å². The Labute approximate surface area is 155 Å². The summed E-state index contributed by atoms with van der Waals surface area (Å²) in [4.78, 5) is 27.9. The van der Waals surface area contributed by atoms with Gasteiger partial charge in [-0.25, -0.2) is 9.18 Å². The predicted molar refractivity (Wildman–Crippen MR) is 100 cm³/mol. The lowest BCUT2D eigenvalue weighted by atomic mass is 10.0. The Kier molecular flexibility index (Phi) is 5.26. The molecule has 3 rings (SSSR count). The molecule has 2 aromatic carbocycles. The molecule has 2 N–H and O–H groups in total. The summed E-state index contributed by atoms with van der Waals surface area (Å²) < 4.78 is 13.4. The van der Waals surface area contributed by atoms with E-state index in [1.807, 2.05) is 6.92 Å². The van der Waals surface area contributed by atoms with E-state index in [1.165, 1.54) is 30.5 Å². The highest BCUT2D eigenvalue weighted by molar-refractivity contribution is 6.05. The van der Waals surface area contributed by atoms with Crippen LogP contribution in [0.5, 0.6) is 0 Å². The molecule has 6 heteroatoms. The zero-order chi connectivity index (χ0) is 19.4. The summed E-state index contributed by atoms with van der Waals surface area (Å²) in [7, 11) is 0. The normalized spacial score (nSPS) is 10.4. The van der Waals surface area contributed by atoms with Crippen molar-refractivity contribution in [2.24, 2.45) is 0 Å². The van der Waals surface area contributed by atoms with E-state index in [-0.39, 0.29) is 11.4 Å². The molecule has 0 saturated carbocycles. The zero-order valence-electron chi connectivity index (χ0n) is 14.6. The maximum atomic E-state index is 13.4. The second-order valence-electron chi connectivity index (χ2n) is 5.96. The molecular formula is C21H17FN2O3. The van der Waals surface area contributed by atoms with E-state index in [9.17, 15) is 14.0 Å². The highest BCUT2D eigenvalue weighted by atomic mass is 19.1. The Morgan fingerprint density at radius 1 is 1.04 bits per heavy atom. The third-order valence-corrected chi connectivity index (χ3v) is 4.14. The number of aryl methyl sites for hydroxylation is 1. The smallest absolute Gasteiger partial charge is 0.335 e. The molecule has 0 aliphatic heterocycles. The fourth-order valence-electron chi connectivity index (χ4n) is 2.72. The fraction of sp³-hybridized carbons (Fsp3) is 0.0952. The molecule has 27 heavy (non-hydrogen) atoms. The number of benzene rings is 2. The molecule has 136 valence electrons. The first-order valence-electron chi connectivity index (χ1n) is 8.36. The van der Waals surface area contributed by atoms with Crippen LogP contribution >= 0.6 is 0 Å². The summed E-state index contributed by atoms with van der Waals surface area (Å²) in [6.07, 6.45) is 3.59. The summed E-state index contributed by atoms with van der Waals surface area (Å²) in [5, 5.41) is 11.9. The second-order valence-corrected chi connectivity index (χ2v) is 5.96. The van der Waals surface area contributed by atoms with Crippen molar-refractivity contribution in [2.45, 2.75) is 13.3 Å². The van der Waals surface area contributed by atoms with Crippen molar-refractivity contribution in [1.29, 1.82) is 0 Å². The summed E-state index contributed by atoms with van der Waals surface area (Å²) in [6.45, 7) is 1.91. The molecule has 0 bridgehead atoms. The lowest BCUT2D eigenvalue weighted by Gasteiger charge is -2.11. The summed E-state index contributed by atoms with van der Waals surface area (Å²) in [5.74, 6) is -1.86. The van der Waals surface area contributed by atoms with Crippen LogP contribution in [0.3, 0.4) is 0 Å². The van der Waals surface area contributed by atoms with Crippen LogP contribution in [0.25, 0.3) is 11.1 Å².